The number of nitro groups is 1. The van der Waals surface area contributed by atoms with Gasteiger partial charge in [0.05, 0.1) is 4.92 Å². The summed E-state index contributed by atoms with van der Waals surface area (Å²) in [6.45, 7) is 4.63. The van der Waals surface area contributed by atoms with E-state index in [0.717, 1.165) is 38.2 Å². The lowest BCUT2D eigenvalue weighted by molar-refractivity contribution is -0.387. The normalized spacial score (nSPS) is 18.2. The molecule has 0 spiro atoms. The molecule has 1 aliphatic heterocycles. The third-order valence-corrected chi connectivity index (χ3v) is 3.43. The van der Waals surface area contributed by atoms with E-state index in [1.165, 1.54) is 12.1 Å². The van der Waals surface area contributed by atoms with Crippen molar-refractivity contribution in [3.05, 3.63) is 39.7 Å². The Morgan fingerprint density at radius 3 is 2.79 bits per heavy atom. The second-order valence-electron chi connectivity index (χ2n) is 4.98. The second-order valence-corrected chi connectivity index (χ2v) is 4.98. The molecular weight excluding hydrogens is 249 g/mol. The third kappa shape index (κ3) is 3.71. The van der Waals surface area contributed by atoms with Gasteiger partial charge in [-0.3, -0.25) is 15.0 Å². The molecule has 0 bridgehead atoms. The van der Waals surface area contributed by atoms with Gasteiger partial charge < -0.3 is 4.90 Å². The maximum absolute atomic E-state index is 13.5. The molecule has 0 radical (unpaired) electrons. The van der Waals surface area contributed by atoms with Crippen LogP contribution in [-0.2, 0) is 6.54 Å². The highest BCUT2D eigenvalue weighted by molar-refractivity contribution is 5.34. The number of likely N-dealkylation sites (N-methyl/N-ethyl adjacent to an activating group) is 1. The van der Waals surface area contributed by atoms with Gasteiger partial charge in [0.15, 0.2) is 0 Å². The first-order chi connectivity index (χ1) is 9.06. The van der Waals surface area contributed by atoms with Crippen molar-refractivity contribution in [2.24, 2.45) is 0 Å². The zero-order chi connectivity index (χ0) is 13.8. The Balaban J connectivity index is 2.03. The number of hydrogen-bond acceptors (Lipinski definition) is 4. The van der Waals surface area contributed by atoms with E-state index in [-0.39, 0.29) is 0 Å². The van der Waals surface area contributed by atoms with Crippen LogP contribution in [0.1, 0.15) is 12.0 Å². The summed E-state index contributed by atoms with van der Waals surface area (Å²) >= 11 is 0. The van der Waals surface area contributed by atoms with E-state index in [9.17, 15) is 14.5 Å². The summed E-state index contributed by atoms with van der Waals surface area (Å²) in [5.74, 6) is -0.755. The van der Waals surface area contributed by atoms with Crippen molar-refractivity contribution in [2.75, 3.05) is 33.2 Å². The first kappa shape index (κ1) is 13.9. The maximum atomic E-state index is 13.5. The molecule has 0 aliphatic carbocycles. The molecule has 0 N–H and O–H groups in total. The number of benzene rings is 1. The summed E-state index contributed by atoms with van der Waals surface area (Å²) in [5, 5.41) is 10.6. The van der Waals surface area contributed by atoms with Crippen molar-refractivity contribution >= 4 is 5.69 Å². The van der Waals surface area contributed by atoms with Crippen LogP contribution in [0.15, 0.2) is 18.2 Å². The molecule has 0 aromatic heterocycles. The smallest absolute Gasteiger partial charge is 0.304 e. The second kappa shape index (κ2) is 6.08. The quantitative estimate of drug-likeness (QED) is 0.619. The fourth-order valence-electron chi connectivity index (χ4n) is 2.31. The van der Waals surface area contributed by atoms with Crippen molar-refractivity contribution in [3.63, 3.8) is 0 Å². The Hall–Kier alpha value is -1.53. The molecule has 0 amide bonds. The van der Waals surface area contributed by atoms with Gasteiger partial charge in [0.2, 0.25) is 5.82 Å². The predicted molar refractivity (Wildman–Crippen MR) is 70.4 cm³/mol. The molecule has 104 valence electrons. The van der Waals surface area contributed by atoms with Crippen molar-refractivity contribution < 1.29 is 9.31 Å². The predicted octanol–water partition coefficient (Wildman–Crippen LogP) is 1.87. The molecule has 0 unspecified atom stereocenters. The van der Waals surface area contributed by atoms with Crippen LogP contribution < -0.4 is 0 Å². The topological polar surface area (TPSA) is 49.6 Å². The van der Waals surface area contributed by atoms with Gasteiger partial charge in [0.1, 0.15) is 0 Å². The van der Waals surface area contributed by atoms with Crippen molar-refractivity contribution in [2.45, 2.75) is 13.0 Å². The monoisotopic (exact) mass is 267 g/mol. The van der Waals surface area contributed by atoms with E-state index in [2.05, 4.69) is 16.8 Å². The van der Waals surface area contributed by atoms with Gasteiger partial charge in [0, 0.05) is 25.7 Å². The van der Waals surface area contributed by atoms with Gasteiger partial charge in [-0.05, 0) is 38.2 Å². The highest BCUT2D eigenvalue weighted by atomic mass is 19.1. The van der Waals surface area contributed by atoms with Gasteiger partial charge in [-0.1, -0.05) is 6.07 Å². The molecule has 6 heteroatoms. The minimum atomic E-state index is -0.755. The SMILES string of the molecule is CN1CCCN(Cc2ccc([N+](=O)[O-])c(F)c2)CC1. The molecule has 1 aromatic carbocycles. The van der Waals surface area contributed by atoms with Crippen LogP contribution >= 0.6 is 0 Å². The zero-order valence-corrected chi connectivity index (χ0v) is 11.0. The number of nitrogens with zero attached hydrogens (tertiary/aromatic N) is 3. The minimum absolute atomic E-state index is 0.459. The summed E-state index contributed by atoms with van der Waals surface area (Å²) in [4.78, 5) is 14.4. The molecule has 19 heavy (non-hydrogen) atoms. The van der Waals surface area contributed by atoms with E-state index in [0.29, 0.717) is 6.54 Å². The first-order valence-electron chi connectivity index (χ1n) is 6.40. The lowest BCUT2D eigenvalue weighted by Gasteiger charge is -2.20. The Morgan fingerprint density at radius 2 is 2.11 bits per heavy atom. The maximum Gasteiger partial charge on any atom is 0.304 e. The zero-order valence-electron chi connectivity index (χ0n) is 11.0. The molecule has 5 nitrogen and oxygen atoms in total. The van der Waals surface area contributed by atoms with E-state index in [1.54, 1.807) is 6.07 Å². The van der Waals surface area contributed by atoms with Crippen LogP contribution in [0.4, 0.5) is 10.1 Å². The summed E-state index contributed by atoms with van der Waals surface area (Å²) < 4.78 is 13.5. The number of hydrogen-bond donors (Lipinski definition) is 0. The molecular formula is C13H18FN3O2. The van der Waals surface area contributed by atoms with E-state index in [1.807, 2.05) is 0 Å². The van der Waals surface area contributed by atoms with Crippen molar-refractivity contribution in [1.29, 1.82) is 0 Å². The molecule has 1 saturated heterocycles. The van der Waals surface area contributed by atoms with Crippen molar-refractivity contribution in [3.8, 4) is 0 Å². The molecule has 0 saturated carbocycles. The minimum Gasteiger partial charge on any atom is -0.305 e. The summed E-state index contributed by atoms with van der Waals surface area (Å²) in [5.41, 5.74) is 0.326. The molecule has 2 rings (SSSR count). The lowest BCUT2D eigenvalue weighted by Crippen LogP contribution is -2.28. The van der Waals surface area contributed by atoms with Gasteiger partial charge in [-0.25, -0.2) is 0 Å². The van der Waals surface area contributed by atoms with Crippen LogP contribution in [0.25, 0.3) is 0 Å². The third-order valence-electron chi connectivity index (χ3n) is 3.43. The van der Waals surface area contributed by atoms with Gasteiger partial charge in [0.25, 0.3) is 0 Å². The summed E-state index contributed by atoms with van der Waals surface area (Å²) in [6, 6.07) is 4.15. The van der Waals surface area contributed by atoms with Gasteiger partial charge in [-0.15, -0.1) is 0 Å². The van der Waals surface area contributed by atoms with Crippen LogP contribution in [0, 0.1) is 15.9 Å². The molecule has 1 aliphatic rings. The Labute approximate surface area is 111 Å². The van der Waals surface area contributed by atoms with E-state index < -0.39 is 16.4 Å². The molecule has 1 heterocycles. The standard InChI is InChI=1S/C13H18FN3O2/c1-15-5-2-6-16(8-7-15)10-11-3-4-13(17(18)19)12(14)9-11/h3-4,9H,2,5-8,10H2,1H3. The highest BCUT2D eigenvalue weighted by Crippen LogP contribution is 2.19. The largest absolute Gasteiger partial charge is 0.305 e. The number of rotatable bonds is 3. The summed E-state index contributed by atoms with van der Waals surface area (Å²) in [6.07, 6.45) is 1.09. The number of nitro benzene ring substituents is 1. The van der Waals surface area contributed by atoms with E-state index in [4.69, 9.17) is 0 Å². The average Bonchev–Trinajstić information content (AvgIpc) is 2.54. The Kier molecular flexibility index (Phi) is 4.44. The van der Waals surface area contributed by atoms with Gasteiger partial charge in [-0.2, -0.15) is 4.39 Å². The Morgan fingerprint density at radius 1 is 1.32 bits per heavy atom. The van der Waals surface area contributed by atoms with E-state index >= 15 is 0 Å². The van der Waals surface area contributed by atoms with Crippen LogP contribution in [0.2, 0.25) is 0 Å². The fraction of sp³-hybridized carbons (Fsp3) is 0.538. The van der Waals surface area contributed by atoms with Gasteiger partial charge >= 0.3 is 5.69 Å². The average molecular weight is 267 g/mol. The van der Waals surface area contributed by atoms with Crippen molar-refractivity contribution in [1.82, 2.24) is 9.80 Å². The Bertz CT molecular complexity index is 467. The lowest BCUT2D eigenvalue weighted by atomic mass is 10.2. The highest BCUT2D eigenvalue weighted by Gasteiger charge is 2.16. The molecule has 1 aromatic rings. The number of halogens is 1. The van der Waals surface area contributed by atoms with Crippen LogP contribution in [0.5, 0.6) is 0 Å². The first-order valence-corrected chi connectivity index (χ1v) is 6.40. The van der Waals surface area contributed by atoms with Crippen LogP contribution in [-0.4, -0.2) is 47.9 Å². The summed E-state index contributed by atoms with van der Waals surface area (Å²) in [7, 11) is 2.09. The van der Waals surface area contributed by atoms with Crippen LogP contribution in [0.3, 0.4) is 0 Å². The fourth-order valence-corrected chi connectivity index (χ4v) is 2.31. The molecule has 1 fully saturated rings. The molecule has 0 atom stereocenters.